The minimum atomic E-state index is -0.761. The van der Waals surface area contributed by atoms with E-state index in [9.17, 15) is 14.4 Å². The second kappa shape index (κ2) is 45.9. The molecule has 0 aromatic heterocycles. The first-order valence-electron chi connectivity index (χ1n) is 26.2. The van der Waals surface area contributed by atoms with Gasteiger partial charge in [0, 0.05) is 19.3 Å². The summed E-state index contributed by atoms with van der Waals surface area (Å²) in [6, 6.07) is 0. The Morgan fingerprint density at radius 2 is 0.559 bits per heavy atom. The molecule has 1 atom stereocenters. The number of carbonyl (C=O) groups excluding carboxylic acids is 3. The van der Waals surface area contributed by atoms with Crippen LogP contribution in [0, 0.1) is 11.8 Å². The Kier molecular flexibility index (Phi) is 44.7. The van der Waals surface area contributed by atoms with Crippen LogP contribution in [0.3, 0.4) is 0 Å². The van der Waals surface area contributed by atoms with Crippen LogP contribution in [0.15, 0.2) is 0 Å². The highest BCUT2D eigenvalue weighted by molar-refractivity contribution is 5.71. The summed E-state index contributed by atoms with van der Waals surface area (Å²) in [5.41, 5.74) is 0. The maximum absolute atomic E-state index is 12.8. The van der Waals surface area contributed by atoms with Gasteiger partial charge in [-0.15, -0.1) is 0 Å². The number of rotatable bonds is 47. The van der Waals surface area contributed by atoms with Crippen LogP contribution >= 0.6 is 0 Å². The normalized spacial score (nSPS) is 12.1. The van der Waals surface area contributed by atoms with Gasteiger partial charge in [-0.1, -0.05) is 253 Å². The van der Waals surface area contributed by atoms with E-state index in [1.165, 1.54) is 180 Å². The molecule has 0 saturated heterocycles. The zero-order chi connectivity index (χ0) is 43.3. The van der Waals surface area contributed by atoms with Crippen molar-refractivity contribution in [3.8, 4) is 0 Å². The Morgan fingerprint density at radius 1 is 0.322 bits per heavy atom. The fourth-order valence-corrected chi connectivity index (χ4v) is 7.99. The third-order valence-electron chi connectivity index (χ3n) is 12.0. The van der Waals surface area contributed by atoms with Gasteiger partial charge < -0.3 is 14.2 Å². The van der Waals surface area contributed by atoms with Gasteiger partial charge in [-0.05, 0) is 31.1 Å². The molecule has 0 spiro atoms. The molecule has 0 aliphatic rings. The fourth-order valence-electron chi connectivity index (χ4n) is 7.99. The largest absolute Gasteiger partial charge is 0.462 e. The Balaban J connectivity index is 4.30. The minimum absolute atomic E-state index is 0.0638. The maximum Gasteiger partial charge on any atom is 0.306 e. The van der Waals surface area contributed by atoms with E-state index >= 15 is 0 Å². The molecule has 0 aromatic rings. The first-order chi connectivity index (χ1) is 28.7. The van der Waals surface area contributed by atoms with Crippen LogP contribution in [0.5, 0.6) is 0 Å². The molecule has 0 amide bonds. The molecule has 0 saturated carbocycles. The van der Waals surface area contributed by atoms with E-state index in [2.05, 4.69) is 34.6 Å². The Labute approximate surface area is 368 Å². The maximum atomic E-state index is 12.8. The summed E-state index contributed by atoms with van der Waals surface area (Å²) in [5.74, 6) is 0.788. The summed E-state index contributed by atoms with van der Waals surface area (Å²) in [6.07, 6.45) is 46.6. The van der Waals surface area contributed by atoms with Crippen molar-refractivity contribution in [2.24, 2.45) is 11.8 Å². The molecule has 0 N–H and O–H groups in total. The SMILES string of the molecule is CCCCCCCCCCCCCCCCC(=O)O[C@@H](COC(=O)CCCCCCCCCCCCCCCC(C)C)COC(=O)CCCCCCCCCCC(C)C. The molecule has 0 aliphatic heterocycles. The Morgan fingerprint density at radius 3 is 0.831 bits per heavy atom. The molecule has 0 rings (SSSR count). The zero-order valence-corrected chi connectivity index (χ0v) is 40.4. The van der Waals surface area contributed by atoms with Gasteiger partial charge in [-0.3, -0.25) is 14.4 Å². The summed E-state index contributed by atoms with van der Waals surface area (Å²) in [6.45, 7) is 11.4. The molecule has 6 nitrogen and oxygen atoms in total. The van der Waals surface area contributed by atoms with E-state index < -0.39 is 6.10 Å². The lowest BCUT2D eigenvalue weighted by Gasteiger charge is -2.18. The fraction of sp³-hybridized carbons (Fsp3) is 0.943. The van der Waals surface area contributed by atoms with E-state index in [4.69, 9.17) is 14.2 Å². The molecular formula is C53H102O6. The molecule has 0 bridgehead atoms. The molecule has 0 unspecified atom stereocenters. The van der Waals surface area contributed by atoms with Crippen LogP contribution in [-0.4, -0.2) is 37.2 Å². The highest BCUT2D eigenvalue weighted by Crippen LogP contribution is 2.17. The van der Waals surface area contributed by atoms with Crippen LogP contribution in [0.4, 0.5) is 0 Å². The van der Waals surface area contributed by atoms with Gasteiger partial charge in [-0.2, -0.15) is 0 Å². The van der Waals surface area contributed by atoms with Gasteiger partial charge in [0.2, 0.25) is 0 Å². The van der Waals surface area contributed by atoms with Gasteiger partial charge in [0.1, 0.15) is 13.2 Å². The van der Waals surface area contributed by atoms with Crippen LogP contribution in [0.25, 0.3) is 0 Å². The van der Waals surface area contributed by atoms with Crippen molar-refractivity contribution in [2.75, 3.05) is 13.2 Å². The second-order valence-electron chi connectivity index (χ2n) is 19.1. The molecule has 0 aromatic carbocycles. The number of ether oxygens (including phenoxy) is 3. The monoisotopic (exact) mass is 835 g/mol. The predicted octanol–water partition coefficient (Wildman–Crippen LogP) is 16.9. The summed E-state index contributed by atoms with van der Waals surface area (Å²) >= 11 is 0. The van der Waals surface area contributed by atoms with Crippen molar-refractivity contribution in [3.63, 3.8) is 0 Å². The molecule has 0 aliphatic carbocycles. The molecule has 0 radical (unpaired) electrons. The Bertz CT molecular complexity index is 900. The summed E-state index contributed by atoms with van der Waals surface area (Å²) < 4.78 is 16.8. The lowest BCUT2D eigenvalue weighted by molar-refractivity contribution is -0.167. The van der Waals surface area contributed by atoms with Crippen molar-refractivity contribution in [1.82, 2.24) is 0 Å². The van der Waals surface area contributed by atoms with Gasteiger partial charge >= 0.3 is 17.9 Å². The average molecular weight is 835 g/mol. The van der Waals surface area contributed by atoms with Crippen molar-refractivity contribution in [2.45, 2.75) is 298 Å². The van der Waals surface area contributed by atoms with Gasteiger partial charge in [0.15, 0.2) is 6.10 Å². The van der Waals surface area contributed by atoms with Gasteiger partial charge in [0.25, 0.3) is 0 Å². The van der Waals surface area contributed by atoms with Crippen LogP contribution < -0.4 is 0 Å². The third-order valence-corrected chi connectivity index (χ3v) is 12.0. The van der Waals surface area contributed by atoms with Crippen molar-refractivity contribution >= 4 is 17.9 Å². The summed E-state index contributed by atoms with van der Waals surface area (Å²) in [4.78, 5) is 37.9. The first kappa shape index (κ1) is 57.4. The van der Waals surface area contributed by atoms with E-state index in [1.807, 2.05) is 0 Å². The summed E-state index contributed by atoms with van der Waals surface area (Å²) in [7, 11) is 0. The second-order valence-corrected chi connectivity index (χ2v) is 19.1. The number of hydrogen-bond acceptors (Lipinski definition) is 6. The van der Waals surface area contributed by atoms with Crippen LogP contribution in [0.2, 0.25) is 0 Å². The smallest absolute Gasteiger partial charge is 0.306 e. The third kappa shape index (κ3) is 47.3. The van der Waals surface area contributed by atoms with Crippen molar-refractivity contribution < 1.29 is 28.6 Å². The van der Waals surface area contributed by atoms with E-state index in [0.29, 0.717) is 19.3 Å². The zero-order valence-electron chi connectivity index (χ0n) is 40.4. The van der Waals surface area contributed by atoms with E-state index in [-0.39, 0.29) is 31.1 Å². The van der Waals surface area contributed by atoms with E-state index in [0.717, 1.165) is 69.6 Å². The average Bonchev–Trinajstić information content (AvgIpc) is 3.20. The standard InChI is InChI=1S/C53H102O6/c1-6-7-8-9-10-11-12-13-16-20-23-30-35-40-45-53(56)59-50(47-58-52(55)44-39-34-29-25-24-27-32-37-42-49(4)5)46-57-51(54)43-38-33-28-22-19-17-14-15-18-21-26-31-36-41-48(2)3/h48-50H,6-47H2,1-5H3/t50-/m0/s1. The minimum Gasteiger partial charge on any atom is -0.462 e. The molecule has 0 fully saturated rings. The number of unbranched alkanes of at least 4 members (excludes halogenated alkanes) is 32. The molecule has 6 heteroatoms. The summed E-state index contributed by atoms with van der Waals surface area (Å²) in [5, 5.41) is 0. The highest BCUT2D eigenvalue weighted by Gasteiger charge is 2.19. The van der Waals surface area contributed by atoms with Gasteiger partial charge in [-0.25, -0.2) is 0 Å². The first-order valence-corrected chi connectivity index (χ1v) is 26.2. The highest BCUT2D eigenvalue weighted by atomic mass is 16.6. The topological polar surface area (TPSA) is 78.9 Å². The lowest BCUT2D eigenvalue weighted by Crippen LogP contribution is -2.30. The number of hydrogen-bond donors (Lipinski definition) is 0. The number of carbonyl (C=O) groups is 3. The predicted molar refractivity (Wildman–Crippen MR) is 252 cm³/mol. The van der Waals surface area contributed by atoms with Crippen molar-refractivity contribution in [3.05, 3.63) is 0 Å². The van der Waals surface area contributed by atoms with Crippen LogP contribution in [-0.2, 0) is 28.6 Å². The van der Waals surface area contributed by atoms with Gasteiger partial charge in [0.05, 0.1) is 0 Å². The Hall–Kier alpha value is -1.59. The molecular weight excluding hydrogens is 733 g/mol. The van der Waals surface area contributed by atoms with Crippen LogP contribution in [0.1, 0.15) is 291 Å². The molecule has 350 valence electrons. The quantitative estimate of drug-likeness (QED) is 0.0345. The molecule has 59 heavy (non-hydrogen) atoms. The lowest BCUT2D eigenvalue weighted by atomic mass is 10.0. The van der Waals surface area contributed by atoms with Crippen molar-refractivity contribution in [1.29, 1.82) is 0 Å². The van der Waals surface area contributed by atoms with E-state index in [1.54, 1.807) is 0 Å². The number of esters is 3. The molecule has 0 heterocycles.